The van der Waals surface area contributed by atoms with Crippen LogP contribution in [0.15, 0.2) is 60.7 Å². The highest BCUT2D eigenvalue weighted by atomic mass is 19.1. The lowest BCUT2D eigenvalue weighted by molar-refractivity contribution is 0.593. The molecule has 0 aliphatic carbocycles. The van der Waals surface area contributed by atoms with E-state index in [1.165, 1.54) is 24.3 Å². The molecule has 3 aromatic carbocycles. The largest absolute Gasteiger partial charge is 0.398 e. The number of anilines is 1. The first-order chi connectivity index (χ1) is 11.8. The highest BCUT2D eigenvalue weighted by molar-refractivity contribution is 5.84. The molecule has 0 bridgehead atoms. The summed E-state index contributed by atoms with van der Waals surface area (Å²) in [6.45, 7) is 6.30. The number of nitrogens with two attached hydrogens (primary N) is 1. The van der Waals surface area contributed by atoms with E-state index in [4.69, 9.17) is 5.73 Å². The molecular weight excluding hydrogens is 316 g/mol. The van der Waals surface area contributed by atoms with E-state index in [2.05, 4.69) is 26.8 Å². The number of hydrogen-bond acceptors (Lipinski definition) is 1. The number of rotatable bonds is 2. The quantitative estimate of drug-likeness (QED) is 0.555. The second-order valence-corrected chi connectivity index (χ2v) is 7.25. The van der Waals surface area contributed by atoms with Gasteiger partial charge in [-0.05, 0) is 64.1 Å². The van der Waals surface area contributed by atoms with Crippen LogP contribution in [0.4, 0.5) is 14.5 Å². The van der Waals surface area contributed by atoms with Gasteiger partial charge in [0.2, 0.25) is 0 Å². The summed E-state index contributed by atoms with van der Waals surface area (Å²) in [4.78, 5) is 0. The van der Waals surface area contributed by atoms with Crippen molar-refractivity contribution in [3.63, 3.8) is 0 Å². The average Bonchev–Trinajstić information content (AvgIpc) is 2.56. The first-order valence-electron chi connectivity index (χ1n) is 8.21. The van der Waals surface area contributed by atoms with Crippen LogP contribution in [-0.2, 0) is 5.41 Å². The molecule has 0 saturated carbocycles. The van der Waals surface area contributed by atoms with Crippen LogP contribution >= 0.6 is 0 Å². The lowest BCUT2D eigenvalue weighted by Crippen LogP contribution is -2.15. The van der Waals surface area contributed by atoms with Gasteiger partial charge in [-0.15, -0.1) is 0 Å². The molecule has 25 heavy (non-hydrogen) atoms. The second-order valence-electron chi connectivity index (χ2n) is 7.25. The zero-order chi connectivity index (χ0) is 18.2. The average molecular weight is 337 g/mol. The summed E-state index contributed by atoms with van der Waals surface area (Å²) in [5.74, 6) is -0.554. The fourth-order valence-electron chi connectivity index (χ4n) is 2.95. The van der Waals surface area contributed by atoms with Crippen LogP contribution in [0.5, 0.6) is 0 Å². The number of benzene rings is 3. The van der Waals surface area contributed by atoms with Gasteiger partial charge in [0.15, 0.2) is 0 Å². The third-order valence-corrected chi connectivity index (χ3v) is 4.32. The van der Waals surface area contributed by atoms with Crippen LogP contribution in [0, 0.1) is 11.6 Å². The van der Waals surface area contributed by atoms with Gasteiger partial charge in [-0.2, -0.15) is 0 Å². The van der Waals surface area contributed by atoms with Crippen LogP contribution < -0.4 is 5.73 Å². The Labute approximate surface area is 147 Å². The Bertz CT molecular complexity index is 889. The summed E-state index contributed by atoms with van der Waals surface area (Å²) in [5, 5.41) is 0. The molecule has 3 aromatic rings. The van der Waals surface area contributed by atoms with Crippen LogP contribution in [0.2, 0.25) is 0 Å². The van der Waals surface area contributed by atoms with Crippen molar-refractivity contribution in [1.82, 2.24) is 0 Å². The lowest BCUT2D eigenvalue weighted by Gasteiger charge is -2.24. The van der Waals surface area contributed by atoms with Gasteiger partial charge in [-0.3, -0.25) is 0 Å². The molecule has 0 aliphatic rings. The summed E-state index contributed by atoms with van der Waals surface area (Å²) < 4.78 is 26.5. The molecule has 0 atom stereocenters. The van der Waals surface area contributed by atoms with Crippen LogP contribution in [-0.4, -0.2) is 0 Å². The molecule has 3 rings (SSSR count). The number of hydrogen-bond donors (Lipinski definition) is 1. The van der Waals surface area contributed by atoms with E-state index in [1.54, 1.807) is 24.3 Å². The Morgan fingerprint density at radius 1 is 0.680 bits per heavy atom. The Balaban J connectivity index is 2.25. The van der Waals surface area contributed by atoms with Crippen LogP contribution in [0.1, 0.15) is 26.3 Å². The molecule has 0 unspecified atom stereocenters. The molecule has 1 nitrogen and oxygen atoms in total. The van der Waals surface area contributed by atoms with Gasteiger partial charge < -0.3 is 5.73 Å². The summed E-state index contributed by atoms with van der Waals surface area (Å²) in [6, 6.07) is 16.7. The monoisotopic (exact) mass is 337 g/mol. The fraction of sp³-hybridized carbons (Fsp3) is 0.182. The van der Waals surface area contributed by atoms with Gasteiger partial charge in [0, 0.05) is 11.3 Å². The van der Waals surface area contributed by atoms with Crippen LogP contribution in [0.25, 0.3) is 22.3 Å². The van der Waals surface area contributed by atoms with Gasteiger partial charge in [0.25, 0.3) is 0 Å². The van der Waals surface area contributed by atoms with Gasteiger partial charge in [0.1, 0.15) is 11.6 Å². The van der Waals surface area contributed by atoms with Crippen molar-refractivity contribution in [2.24, 2.45) is 0 Å². The molecule has 0 aliphatic heterocycles. The first kappa shape index (κ1) is 17.2. The van der Waals surface area contributed by atoms with Crippen molar-refractivity contribution in [3.05, 3.63) is 77.9 Å². The summed E-state index contributed by atoms with van der Waals surface area (Å²) in [5.41, 5.74) is 11.6. The van der Waals surface area contributed by atoms with E-state index in [1.807, 2.05) is 6.07 Å². The second kappa shape index (κ2) is 6.32. The molecule has 2 N–H and O–H groups in total. The zero-order valence-electron chi connectivity index (χ0n) is 14.6. The van der Waals surface area contributed by atoms with Crippen molar-refractivity contribution in [2.45, 2.75) is 26.2 Å². The molecule has 0 fully saturated rings. The van der Waals surface area contributed by atoms with Crippen LogP contribution in [0.3, 0.4) is 0 Å². The molecule has 0 saturated heterocycles. The van der Waals surface area contributed by atoms with E-state index < -0.39 is 0 Å². The molecular formula is C22H21F2N. The first-order valence-corrected chi connectivity index (χ1v) is 8.21. The standard InChI is InChI=1S/C22H21F2N/c1-22(2,3)20-13-16(14-4-8-17(23)9-5-14)12-19(21(20)25)15-6-10-18(24)11-7-15/h4-13H,25H2,1-3H3. The Morgan fingerprint density at radius 3 is 1.64 bits per heavy atom. The van der Waals surface area contributed by atoms with Crippen molar-refractivity contribution >= 4 is 5.69 Å². The topological polar surface area (TPSA) is 26.0 Å². The molecule has 128 valence electrons. The molecule has 3 heteroatoms. The minimum atomic E-state index is -0.284. The predicted octanol–water partition coefficient (Wildman–Crippen LogP) is 6.18. The Morgan fingerprint density at radius 2 is 1.16 bits per heavy atom. The minimum Gasteiger partial charge on any atom is -0.398 e. The maximum atomic E-state index is 13.3. The predicted molar refractivity (Wildman–Crippen MR) is 100 cm³/mol. The molecule has 0 amide bonds. The van der Waals surface area contributed by atoms with E-state index >= 15 is 0 Å². The van der Waals surface area contributed by atoms with E-state index in [9.17, 15) is 8.78 Å². The maximum absolute atomic E-state index is 13.3. The van der Waals surface area contributed by atoms with E-state index in [-0.39, 0.29) is 17.0 Å². The fourth-order valence-corrected chi connectivity index (χ4v) is 2.95. The zero-order valence-corrected chi connectivity index (χ0v) is 14.6. The van der Waals surface area contributed by atoms with Gasteiger partial charge in [-0.25, -0.2) is 8.78 Å². The maximum Gasteiger partial charge on any atom is 0.123 e. The van der Waals surface area contributed by atoms with Crippen molar-refractivity contribution in [1.29, 1.82) is 0 Å². The highest BCUT2D eigenvalue weighted by Gasteiger charge is 2.21. The third-order valence-electron chi connectivity index (χ3n) is 4.32. The Kier molecular flexibility index (Phi) is 4.34. The van der Waals surface area contributed by atoms with Crippen molar-refractivity contribution in [2.75, 3.05) is 5.73 Å². The highest BCUT2D eigenvalue weighted by Crippen LogP contribution is 2.39. The summed E-state index contributed by atoms with van der Waals surface area (Å²) >= 11 is 0. The smallest absolute Gasteiger partial charge is 0.123 e. The third kappa shape index (κ3) is 3.55. The van der Waals surface area contributed by atoms with Gasteiger partial charge in [0.05, 0.1) is 0 Å². The molecule has 0 heterocycles. The van der Waals surface area contributed by atoms with E-state index in [0.717, 1.165) is 27.8 Å². The summed E-state index contributed by atoms with van der Waals surface area (Å²) in [7, 11) is 0. The molecule has 0 spiro atoms. The van der Waals surface area contributed by atoms with Crippen molar-refractivity contribution < 1.29 is 8.78 Å². The van der Waals surface area contributed by atoms with Gasteiger partial charge in [-0.1, -0.05) is 45.0 Å². The minimum absolute atomic E-state index is 0.158. The summed E-state index contributed by atoms with van der Waals surface area (Å²) in [6.07, 6.45) is 0. The molecule has 0 aromatic heterocycles. The molecule has 0 radical (unpaired) electrons. The van der Waals surface area contributed by atoms with E-state index in [0.29, 0.717) is 5.69 Å². The Hall–Kier alpha value is -2.68. The van der Waals surface area contributed by atoms with Gasteiger partial charge >= 0.3 is 0 Å². The lowest BCUT2D eigenvalue weighted by atomic mass is 9.81. The SMILES string of the molecule is CC(C)(C)c1cc(-c2ccc(F)cc2)cc(-c2ccc(F)cc2)c1N. The normalized spacial score (nSPS) is 11.6. The number of halogens is 2. The number of nitrogen functional groups attached to an aromatic ring is 1. The van der Waals surface area contributed by atoms with Crippen molar-refractivity contribution in [3.8, 4) is 22.3 Å².